The molecule has 1 N–H and O–H groups in total. The van der Waals surface area contributed by atoms with Crippen LogP contribution < -0.4 is 0 Å². The van der Waals surface area contributed by atoms with Crippen LogP contribution in [0.25, 0.3) is 0 Å². The van der Waals surface area contributed by atoms with Crippen LogP contribution in [-0.4, -0.2) is 64.6 Å². The molecule has 1 unspecified atom stereocenters. The lowest BCUT2D eigenvalue weighted by Crippen LogP contribution is -2.20. The van der Waals surface area contributed by atoms with Crippen molar-refractivity contribution in [2.75, 3.05) is 53.4 Å². The van der Waals surface area contributed by atoms with E-state index in [1.54, 1.807) is 7.11 Å². The predicted octanol–water partition coefficient (Wildman–Crippen LogP) is 0.0634. The third-order valence-corrected chi connectivity index (χ3v) is 1.65. The van der Waals surface area contributed by atoms with Crippen molar-refractivity contribution in [1.82, 2.24) is 0 Å². The first-order valence-electron chi connectivity index (χ1n) is 5.18. The number of hydrogen-bond acceptors (Lipinski definition) is 5. The van der Waals surface area contributed by atoms with Gasteiger partial charge in [0.05, 0.1) is 52.4 Å². The van der Waals surface area contributed by atoms with Gasteiger partial charge in [-0.05, 0) is 6.92 Å². The average Bonchev–Trinajstić information content (AvgIpc) is 2.24. The molecule has 0 aromatic heterocycles. The maximum Gasteiger partial charge on any atom is 0.0781 e. The summed E-state index contributed by atoms with van der Waals surface area (Å²) in [7, 11) is 1.64. The summed E-state index contributed by atoms with van der Waals surface area (Å²) >= 11 is 0. The molecule has 0 amide bonds. The molecule has 1 atom stereocenters. The van der Waals surface area contributed by atoms with E-state index in [1.807, 2.05) is 6.92 Å². The fraction of sp³-hybridized carbons (Fsp3) is 1.00. The van der Waals surface area contributed by atoms with Gasteiger partial charge in [0.25, 0.3) is 0 Å². The molecule has 92 valence electrons. The third kappa shape index (κ3) is 11.7. The Kier molecular flexibility index (Phi) is 11.7. The molecule has 0 bridgehead atoms. The number of methoxy groups -OCH3 is 1. The smallest absolute Gasteiger partial charge is 0.0781 e. The zero-order chi connectivity index (χ0) is 11.4. The van der Waals surface area contributed by atoms with E-state index in [2.05, 4.69) is 0 Å². The Morgan fingerprint density at radius 3 is 2.40 bits per heavy atom. The highest BCUT2D eigenvalue weighted by molar-refractivity contribution is 4.47. The number of aliphatic hydroxyl groups is 1. The second-order valence-electron chi connectivity index (χ2n) is 3.09. The molecule has 0 saturated carbocycles. The summed E-state index contributed by atoms with van der Waals surface area (Å²) < 4.78 is 20.6. The standard InChI is InChI=1S/C10H22O5/c1-10(9-14-6-5-12-2)15-8-7-13-4-3-11/h10-11H,3-9H2,1-2H3. The quantitative estimate of drug-likeness (QED) is 0.501. The SMILES string of the molecule is COCCOCC(C)OCCOCCO. The second kappa shape index (κ2) is 11.9. The van der Waals surface area contributed by atoms with Gasteiger partial charge in [0.2, 0.25) is 0 Å². The van der Waals surface area contributed by atoms with E-state index in [9.17, 15) is 0 Å². The van der Waals surface area contributed by atoms with E-state index in [1.165, 1.54) is 0 Å². The van der Waals surface area contributed by atoms with Crippen LogP contribution in [0.3, 0.4) is 0 Å². The van der Waals surface area contributed by atoms with Crippen molar-refractivity contribution in [3.8, 4) is 0 Å². The van der Waals surface area contributed by atoms with Gasteiger partial charge in [-0.15, -0.1) is 0 Å². The Labute approximate surface area is 91.3 Å². The first-order valence-corrected chi connectivity index (χ1v) is 5.18. The molecule has 0 aromatic rings. The van der Waals surface area contributed by atoms with Crippen LogP contribution in [-0.2, 0) is 18.9 Å². The molecule has 15 heavy (non-hydrogen) atoms. The first kappa shape index (κ1) is 14.8. The minimum absolute atomic E-state index is 0.0513. The first-order chi connectivity index (χ1) is 7.31. The van der Waals surface area contributed by atoms with Gasteiger partial charge < -0.3 is 24.1 Å². The zero-order valence-electron chi connectivity index (χ0n) is 9.61. The molecule has 0 spiro atoms. The van der Waals surface area contributed by atoms with Crippen LogP contribution in [0, 0.1) is 0 Å². The summed E-state index contributed by atoms with van der Waals surface area (Å²) in [6.45, 7) is 5.13. The van der Waals surface area contributed by atoms with Gasteiger partial charge in [-0.25, -0.2) is 0 Å². The number of hydrogen-bond donors (Lipinski definition) is 1. The van der Waals surface area contributed by atoms with E-state index in [0.717, 1.165) is 0 Å². The van der Waals surface area contributed by atoms with Crippen molar-refractivity contribution in [3.63, 3.8) is 0 Å². The Bertz CT molecular complexity index is 120. The van der Waals surface area contributed by atoms with Crippen molar-refractivity contribution in [1.29, 1.82) is 0 Å². The summed E-state index contributed by atoms with van der Waals surface area (Å²) in [5.41, 5.74) is 0. The van der Waals surface area contributed by atoms with Crippen LogP contribution in [0.2, 0.25) is 0 Å². The Morgan fingerprint density at radius 2 is 1.73 bits per heavy atom. The molecule has 5 heteroatoms. The van der Waals surface area contributed by atoms with Gasteiger partial charge in [-0.2, -0.15) is 0 Å². The third-order valence-electron chi connectivity index (χ3n) is 1.65. The second-order valence-corrected chi connectivity index (χ2v) is 3.09. The van der Waals surface area contributed by atoms with E-state index in [4.69, 9.17) is 24.1 Å². The van der Waals surface area contributed by atoms with Crippen molar-refractivity contribution in [2.24, 2.45) is 0 Å². The molecule has 0 aromatic carbocycles. The van der Waals surface area contributed by atoms with Gasteiger partial charge in [0.15, 0.2) is 0 Å². The van der Waals surface area contributed by atoms with E-state index in [-0.39, 0.29) is 12.7 Å². The Balaban J connectivity index is 3.08. The van der Waals surface area contributed by atoms with Crippen LogP contribution >= 0.6 is 0 Å². The van der Waals surface area contributed by atoms with Gasteiger partial charge in [-0.1, -0.05) is 0 Å². The summed E-state index contributed by atoms with van der Waals surface area (Å²) in [6.07, 6.45) is 0.0552. The maximum atomic E-state index is 8.44. The van der Waals surface area contributed by atoms with Crippen LogP contribution in [0.5, 0.6) is 0 Å². The summed E-state index contributed by atoms with van der Waals surface area (Å²) in [5.74, 6) is 0. The fourth-order valence-electron chi connectivity index (χ4n) is 0.915. The van der Waals surface area contributed by atoms with Crippen molar-refractivity contribution in [3.05, 3.63) is 0 Å². The largest absolute Gasteiger partial charge is 0.394 e. The topological polar surface area (TPSA) is 57.2 Å². The molecule has 0 aliphatic rings. The molecule has 0 heterocycles. The van der Waals surface area contributed by atoms with Gasteiger partial charge in [0.1, 0.15) is 0 Å². The minimum Gasteiger partial charge on any atom is -0.394 e. The van der Waals surface area contributed by atoms with E-state index < -0.39 is 0 Å². The predicted molar refractivity (Wildman–Crippen MR) is 56.0 cm³/mol. The average molecular weight is 222 g/mol. The Morgan fingerprint density at radius 1 is 1.00 bits per heavy atom. The van der Waals surface area contributed by atoms with E-state index in [0.29, 0.717) is 39.6 Å². The molecule has 0 rings (SSSR count). The van der Waals surface area contributed by atoms with E-state index >= 15 is 0 Å². The van der Waals surface area contributed by atoms with Crippen LogP contribution in [0.4, 0.5) is 0 Å². The van der Waals surface area contributed by atoms with Crippen molar-refractivity contribution < 1.29 is 24.1 Å². The summed E-state index contributed by atoms with van der Waals surface area (Å²) in [6, 6.07) is 0. The maximum absolute atomic E-state index is 8.44. The lowest BCUT2D eigenvalue weighted by Gasteiger charge is -2.13. The van der Waals surface area contributed by atoms with Crippen molar-refractivity contribution in [2.45, 2.75) is 13.0 Å². The highest BCUT2D eigenvalue weighted by atomic mass is 16.6. The van der Waals surface area contributed by atoms with Crippen LogP contribution in [0.15, 0.2) is 0 Å². The van der Waals surface area contributed by atoms with Crippen LogP contribution in [0.1, 0.15) is 6.92 Å². The number of ether oxygens (including phenoxy) is 4. The molecular weight excluding hydrogens is 200 g/mol. The lowest BCUT2D eigenvalue weighted by molar-refractivity contribution is -0.0394. The summed E-state index contributed by atoms with van der Waals surface area (Å²) in [4.78, 5) is 0. The highest BCUT2D eigenvalue weighted by Gasteiger charge is 2.01. The van der Waals surface area contributed by atoms with Crippen molar-refractivity contribution >= 4 is 0 Å². The molecule has 5 nitrogen and oxygen atoms in total. The van der Waals surface area contributed by atoms with Gasteiger partial charge in [-0.3, -0.25) is 0 Å². The van der Waals surface area contributed by atoms with Gasteiger partial charge in [0, 0.05) is 7.11 Å². The lowest BCUT2D eigenvalue weighted by atomic mass is 10.4. The highest BCUT2D eigenvalue weighted by Crippen LogP contribution is 1.92. The molecule has 0 saturated heterocycles. The fourth-order valence-corrected chi connectivity index (χ4v) is 0.915. The summed E-state index contributed by atoms with van der Waals surface area (Å²) in [5, 5.41) is 8.44. The normalized spacial score (nSPS) is 13.0. The molecule has 0 fully saturated rings. The molecular formula is C10H22O5. The molecule has 0 aliphatic heterocycles. The minimum atomic E-state index is 0.0513. The number of rotatable bonds is 11. The molecule has 0 aliphatic carbocycles. The number of aliphatic hydroxyl groups excluding tert-OH is 1. The Hall–Kier alpha value is -0.200. The zero-order valence-corrected chi connectivity index (χ0v) is 9.61. The molecule has 0 radical (unpaired) electrons. The van der Waals surface area contributed by atoms with Gasteiger partial charge >= 0.3 is 0 Å². The monoisotopic (exact) mass is 222 g/mol.